The second kappa shape index (κ2) is 8.07. The number of carbonyl (C=O) groups is 2. The number of hydrogen-bond donors (Lipinski definition) is 1. The molecule has 1 atom stereocenters. The predicted octanol–water partition coefficient (Wildman–Crippen LogP) is 3.62. The van der Waals surface area contributed by atoms with Gasteiger partial charge in [-0.15, -0.1) is 0 Å². The van der Waals surface area contributed by atoms with Crippen LogP contribution in [0.3, 0.4) is 0 Å². The van der Waals surface area contributed by atoms with Crippen molar-refractivity contribution in [3.8, 4) is 0 Å². The summed E-state index contributed by atoms with van der Waals surface area (Å²) in [6, 6.07) is 9.15. The Balaban J connectivity index is 1.45. The van der Waals surface area contributed by atoms with Gasteiger partial charge in [-0.3, -0.25) is 9.59 Å². The monoisotopic (exact) mass is 444 g/mol. The van der Waals surface area contributed by atoms with E-state index in [9.17, 15) is 22.4 Å². The minimum absolute atomic E-state index is 0.106. The average Bonchev–Trinajstić information content (AvgIpc) is 3.49. The lowest BCUT2D eigenvalue weighted by molar-refractivity contribution is -0.119. The zero-order valence-electron chi connectivity index (χ0n) is 17.5. The quantitative estimate of drug-likeness (QED) is 0.738. The highest BCUT2D eigenvalue weighted by Crippen LogP contribution is 2.37. The van der Waals surface area contributed by atoms with E-state index in [0.717, 1.165) is 24.1 Å². The first-order chi connectivity index (χ1) is 14.7. The van der Waals surface area contributed by atoms with Crippen LogP contribution in [-0.2, 0) is 25.8 Å². The van der Waals surface area contributed by atoms with Gasteiger partial charge in [0.1, 0.15) is 5.82 Å². The Morgan fingerprint density at radius 1 is 1.19 bits per heavy atom. The molecule has 1 saturated carbocycles. The van der Waals surface area contributed by atoms with Crippen LogP contribution in [0.5, 0.6) is 0 Å². The van der Waals surface area contributed by atoms with Gasteiger partial charge in [-0.05, 0) is 74.6 Å². The zero-order valence-corrected chi connectivity index (χ0v) is 18.3. The molecule has 0 spiro atoms. The van der Waals surface area contributed by atoms with Crippen LogP contribution < -0.4 is 10.2 Å². The second-order valence-corrected chi connectivity index (χ2v) is 10.7. The first kappa shape index (κ1) is 21.5. The Bertz CT molecular complexity index is 1160. The molecule has 0 aromatic heterocycles. The lowest BCUT2D eigenvalue weighted by Crippen LogP contribution is -2.30. The van der Waals surface area contributed by atoms with Gasteiger partial charge >= 0.3 is 0 Å². The largest absolute Gasteiger partial charge is 0.326 e. The number of aryl methyl sites for hydroxylation is 1. The van der Waals surface area contributed by atoms with E-state index in [1.807, 2.05) is 0 Å². The predicted molar refractivity (Wildman–Crippen MR) is 116 cm³/mol. The van der Waals surface area contributed by atoms with Crippen LogP contribution in [0.25, 0.3) is 0 Å². The van der Waals surface area contributed by atoms with E-state index in [1.165, 1.54) is 19.1 Å². The fourth-order valence-corrected chi connectivity index (χ4v) is 5.22. The maximum atomic E-state index is 13.7. The van der Waals surface area contributed by atoms with Crippen LogP contribution in [0.1, 0.15) is 37.3 Å². The third-order valence-electron chi connectivity index (χ3n) is 5.93. The summed E-state index contributed by atoms with van der Waals surface area (Å²) in [7, 11) is -3.74. The highest BCUT2D eigenvalue weighted by atomic mass is 32.2. The Kier molecular flexibility index (Phi) is 5.60. The van der Waals surface area contributed by atoms with E-state index in [0.29, 0.717) is 18.5 Å². The number of hydrogen-bond acceptors (Lipinski definition) is 4. The van der Waals surface area contributed by atoms with Gasteiger partial charge in [-0.1, -0.05) is 6.07 Å². The molecular weight excluding hydrogens is 419 g/mol. The first-order valence-electron chi connectivity index (χ1n) is 10.4. The standard InChI is InChI=1S/C23H25FN2O4S/c1-14-3-6-18(13-20(14)24)25-22(27)11-15(2)31(29,30)19-7-8-21-17(12-19)9-10-26(21)23(28)16-4-5-16/h3,6-8,12-13,15-16H,4-5,9-11H2,1-2H3,(H,25,27). The number of halogens is 1. The summed E-state index contributed by atoms with van der Waals surface area (Å²) < 4.78 is 39.7. The summed E-state index contributed by atoms with van der Waals surface area (Å²) in [6.07, 6.45) is 2.21. The number of fused-ring (bicyclic) bond motifs is 1. The Hall–Kier alpha value is -2.74. The summed E-state index contributed by atoms with van der Waals surface area (Å²) in [5, 5.41) is 1.60. The lowest BCUT2D eigenvalue weighted by atomic mass is 10.2. The summed E-state index contributed by atoms with van der Waals surface area (Å²) in [5.74, 6) is -0.714. The van der Waals surface area contributed by atoms with Gasteiger partial charge in [0.2, 0.25) is 11.8 Å². The van der Waals surface area contributed by atoms with Gasteiger partial charge in [0.15, 0.2) is 9.84 Å². The summed E-state index contributed by atoms with van der Waals surface area (Å²) in [6.45, 7) is 3.67. The summed E-state index contributed by atoms with van der Waals surface area (Å²) in [4.78, 5) is 26.6. The molecule has 2 aromatic rings. The minimum Gasteiger partial charge on any atom is -0.326 e. The summed E-state index contributed by atoms with van der Waals surface area (Å²) in [5.41, 5.74) is 2.36. The number of benzene rings is 2. The van der Waals surface area contributed by atoms with Gasteiger partial charge in [0.05, 0.1) is 10.1 Å². The molecule has 6 nitrogen and oxygen atoms in total. The maximum absolute atomic E-state index is 13.7. The number of carbonyl (C=O) groups excluding carboxylic acids is 2. The number of sulfone groups is 1. The van der Waals surface area contributed by atoms with Crippen molar-refractivity contribution in [3.05, 3.63) is 53.3 Å². The highest BCUT2D eigenvalue weighted by Gasteiger charge is 2.37. The van der Waals surface area contributed by atoms with Crippen LogP contribution in [0.2, 0.25) is 0 Å². The van der Waals surface area contributed by atoms with Crippen LogP contribution in [-0.4, -0.2) is 32.0 Å². The van der Waals surface area contributed by atoms with E-state index in [1.54, 1.807) is 36.1 Å². The molecule has 0 saturated heterocycles. The third-order valence-corrected chi connectivity index (χ3v) is 8.06. The Morgan fingerprint density at radius 3 is 2.61 bits per heavy atom. The molecule has 0 bridgehead atoms. The van der Waals surface area contributed by atoms with Gasteiger partial charge in [0, 0.05) is 30.3 Å². The molecule has 164 valence electrons. The Morgan fingerprint density at radius 2 is 1.94 bits per heavy atom. The number of amides is 2. The fourth-order valence-electron chi connectivity index (χ4n) is 3.82. The van der Waals surface area contributed by atoms with E-state index < -0.39 is 26.8 Å². The molecule has 2 aromatic carbocycles. The smallest absolute Gasteiger partial charge is 0.230 e. The molecule has 0 radical (unpaired) electrons. The van der Waals surface area contributed by atoms with Crippen molar-refractivity contribution in [3.63, 3.8) is 0 Å². The average molecular weight is 445 g/mol. The molecule has 8 heteroatoms. The molecule has 1 aliphatic carbocycles. The lowest BCUT2D eigenvalue weighted by Gasteiger charge is -2.18. The molecule has 4 rings (SSSR count). The molecule has 1 fully saturated rings. The molecule has 31 heavy (non-hydrogen) atoms. The van der Waals surface area contributed by atoms with Gasteiger partial charge in [-0.25, -0.2) is 12.8 Å². The van der Waals surface area contributed by atoms with E-state index >= 15 is 0 Å². The van der Waals surface area contributed by atoms with E-state index in [4.69, 9.17) is 0 Å². The van der Waals surface area contributed by atoms with Crippen molar-refractivity contribution in [1.29, 1.82) is 0 Å². The van der Waals surface area contributed by atoms with Crippen LogP contribution in [0, 0.1) is 18.7 Å². The van der Waals surface area contributed by atoms with E-state index in [2.05, 4.69) is 5.32 Å². The van der Waals surface area contributed by atoms with Crippen molar-refractivity contribution in [2.45, 2.75) is 49.7 Å². The molecular formula is C23H25FN2O4S. The molecule has 1 unspecified atom stereocenters. The second-order valence-electron chi connectivity index (χ2n) is 8.38. The number of rotatable bonds is 6. The van der Waals surface area contributed by atoms with Crippen LogP contribution >= 0.6 is 0 Å². The Labute approximate surface area is 181 Å². The van der Waals surface area contributed by atoms with Crippen LogP contribution in [0.4, 0.5) is 15.8 Å². The normalized spacial score (nSPS) is 16.7. The molecule has 1 aliphatic heterocycles. The zero-order chi connectivity index (χ0) is 22.3. The fraction of sp³-hybridized carbons (Fsp3) is 0.391. The third kappa shape index (κ3) is 4.35. The molecule has 1 heterocycles. The molecule has 2 aliphatic rings. The van der Waals surface area contributed by atoms with Crippen LogP contribution in [0.15, 0.2) is 41.3 Å². The molecule has 2 amide bonds. The van der Waals surface area contributed by atoms with Crippen molar-refractivity contribution in [2.24, 2.45) is 5.92 Å². The van der Waals surface area contributed by atoms with Crippen molar-refractivity contribution in [2.75, 3.05) is 16.8 Å². The van der Waals surface area contributed by atoms with Crippen molar-refractivity contribution in [1.82, 2.24) is 0 Å². The van der Waals surface area contributed by atoms with Gasteiger partial charge in [0.25, 0.3) is 0 Å². The minimum atomic E-state index is -3.74. The number of nitrogens with one attached hydrogen (secondary N) is 1. The summed E-state index contributed by atoms with van der Waals surface area (Å²) >= 11 is 0. The van der Waals surface area contributed by atoms with Gasteiger partial charge in [-0.2, -0.15) is 0 Å². The van der Waals surface area contributed by atoms with Gasteiger partial charge < -0.3 is 10.2 Å². The number of anilines is 2. The van der Waals surface area contributed by atoms with Crippen molar-refractivity contribution >= 4 is 33.0 Å². The number of nitrogens with zero attached hydrogens (tertiary/aromatic N) is 1. The maximum Gasteiger partial charge on any atom is 0.230 e. The SMILES string of the molecule is Cc1ccc(NC(=O)CC(C)S(=O)(=O)c2ccc3c(c2)CCN3C(=O)C2CC2)cc1F. The van der Waals surface area contributed by atoms with E-state index in [-0.39, 0.29) is 28.8 Å². The molecule has 1 N–H and O–H groups in total. The topological polar surface area (TPSA) is 83.6 Å². The van der Waals surface area contributed by atoms with Crippen molar-refractivity contribution < 1.29 is 22.4 Å². The first-order valence-corrected chi connectivity index (χ1v) is 12.0. The highest BCUT2D eigenvalue weighted by molar-refractivity contribution is 7.92.